The zero-order chi connectivity index (χ0) is 21.1. The summed E-state index contributed by atoms with van der Waals surface area (Å²) in [6, 6.07) is 20.4. The van der Waals surface area contributed by atoms with E-state index >= 15 is 0 Å². The lowest BCUT2D eigenvalue weighted by Gasteiger charge is -2.36. The molecule has 0 aromatic heterocycles. The van der Waals surface area contributed by atoms with Crippen LogP contribution in [0.4, 0.5) is 4.39 Å². The van der Waals surface area contributed by atoms with Gasteiger partial charge in [0.25, 0.3) is 5.91 Å². The molecule has 4 rings (SSSR count). The minimum absolute atomic E-state index is 0.161. The molecule has 4 nitrogen and oxygen atoms in total. The van der Waals surface area contributed by atoms with Crippen LogP contribution < -0.4 is 5.32 Å². The van der Waals surface area contributed by atoms with Crippen LogP contribution in [0.1, 0.15) is 38.7 Å². The lowest BCUT2D eigenvalue weighted by Crippen LogP contribution is -2.47. The molecule has 1 atom stereocenters. The number of carbonyl (C=O) groups excluding carboxylic acids is 2. The van der Waals surface area contributed by atoms with Crippen molar-refractivity contribution >= 4 is 11.8 Å². The Morgan fingerprint density at radius 1 is 1.00 bits per heavy atom. The SMILES string of the molecule is Cc1ccc(C(=O)N2CCc3ccccc3C2C(=O)NCc2ccc(F)cc2)cc1. The number of rotatable bonds is 4. The van der Waals surface area contributed by atoms with Gasteiger partial charge in [0.1, 0.15) is 11.9 Å². The summed E-state index contributed by atoms with van der Waals surface area (Å²) in [6.45, 7) is 2.71. The smallest absolute Gasteiger partial charge is 0.254 e. The number of carbonyl (C=O) groups is 2. The maximum Gasteiger partial charge on any atom is 0.254 e. The van der Waals surface area contributed by atoms with E-state index in [1.165, 1.54) is 12.1 Å². The van der Waals surface area contributed by atoms with Gasteiger partial charge in [-0.2, -0.15) is 0 Å². The van der Waals surface area contributed by atoms with Crippen LogP contribution in [0.2, 0.25) is 0 Å². The third-order valence-electron chi connectivity index (χ3n) is 5.47. The largest absolute Gasteiger partial charge is 0.350 e. The fourth-order valence-electron chi connectivity index (χ4n) is 3.82. The van der Waals surface area contributed by atoms with Gasteiger partial charge >= 0.3 is 0 Å². The summed E-state index contributed by atoms with van der Waals surface area (Å²) in [5.74, 6) is -0.723. The van der Waals surface area contributed by atoms with E-state index in [-0.39, 0.29) is 24.2 Å². The number of amides is 2. The third-order valence-corrected chi connectivity index (χ3v) is 5.47. The molecule has 0 bridgehead atoms. The lowest BCUT2D eigenvalue weighted by molar-refractivity contribution is -0.126. The standard InChI is InChI=1S/C25H23FN2O2/c1-17-6-10-20(11-7-17)25(30)28-15-14-19-4-2-3-5-22(19)23(28)24(29)27-16-18-8-12-21(26)13-9-18/h2-13,23H,14-16H2,1H3,(H,27,29). The molecule has 1 aliphatic heterocycles. The molecule has 3 aromatic rings. The molecule has 1 heterocycles. The maximum atomic E-state index is 13.3. The number of benzene rings is 3. The van der Waals surface area contributed by atoms with Crippen LogP contribution in [0.25, 0.3) is 0 Å². The summed E-state index contributed by atoms with van der Waals surface area (Å²) in [7, 11) is 0. The molecular weight excluding hydrogens is 379 g/mol. The lowest BCUT2D eigenvalue weighted by atomic mass is 9.91. The highest BCUT2D eigenvalue weighted by molar-refractivity contribution is 5.98. The normalized spacial score (nSPS) is 15.4. The molecule has 0 saturated carbocycles. The van der Waals surface area contributed by atoms with E-state index in [4.69, 9.17) is 0 Å². The molecule has 0 spiro atoms. The highest BCUT2D eigenvalue weighted by atomic mass is 19.1. The first-order valence-electron chi connectivity index (χ1n) is 10.0. The Morgan fingerprint density at radius 3 is 2.43 bits per heavy atom. The van der Waals surface area contributed by atoms with E-state index in [9.17, 15) is 14.0 Å². The Labute approximate surface area is 175 Å². The summed E-state index contributed by atoms with van der Waals surface area (Å²) in [5, 5.41) is 2.92. The number of nitrogens with zero attached hydrogens (tertiary/aromatic N) is 1. The van der Waals surface area contributed by atoms with Crippen LogP contribution in [0, 0.1) is 12.7 Å². The Hall–Kier alpha value is -3.47. The van der Waals surface area contributed by atoms with Gasteiger partial charge in [0, 0.05) is 18.7 Å². The van der Waals surface area contributed by atoms with Gasteiger partial charge in [0.15, 0.2) is 0 Å². The minimum atomic E-state index is -0.704. The molecule has 0 aliphatic carbocycles. The molecule has 3 aromatic carbocycles. The quantitative estimate of drug-likeness (QED) is 0.711. The van der Waals surface area contributed by atoms with E-state index in [0.29, 0.717) is 18.5 Å². The average molecular weight is 402 g/mol. The maximum absolute atomic E-state index is 13.3. The molecule has 0 saturated heterocycles. The number of fused-ring (bicyclic) bond motifs is 1. The van der Waals surface area contributed by atoms with Gasteiger partial charge in [-0.05, 0) is 54.3 Å². The predicted molar refractivity (Wildman–Crippen MR) is 113 cm³/mol. The Kier molecular flexibility index (Phi) is 5.61. The molecule has 1 unspecified atom stereocenters. The predicted octanol–water partition coefficient (Wildman–Crippen LogP) is 4.19. The molecule has 5 heteroatoms. The Morgan fingerprint density at radius 2 is 1.70 bits per heavy atom. The first-order chi connectivity index (χ1) is 14.5. The van der Waals surface area contributed by atoms with E-state index in [1.807, 2.05) is 43.3 Å². The van der Waals surface area contributed by atoms with Gasteiger partial charge in [-0.25, -0.2) is 4.39 Å². The van der Waals surface area contributed by atoms with Crippen LogP contribution in [0.15, 0.2) is 72.8 Å². The van der Waals surface area contributed by atoms with E-state index in [1.54, 1.807) is 29.2 Å². The summed E-state index contributed by atoms with van der Waals surface area (Å²) < 4.78 is 13.1. The van der Waals surface area contributed by atoms with Gasteiger partial charge in [0.05, 0.1) is 0 Å². The number of nitrogens with one attached hydrogen (secondary N) is 1. The van der Waals surface area contributed by atoms with E-state index < -0.39 is 6.04 Å². The van der Waals surface area contributed by atoms with E-state index in [2.05, 4.69) is 5.32 Å². The number of hydrogen-bond acceptors (Lipinski definition) is 2. The first kappa shape index (κ1) is 19.8. The molecule has 1 aliphatic rings. The van der Waals surface area contributed by atoms with Crippen LogP contribution in [-0.2, 0) is 17.8 Å². The fraction of sp³-hybridized carbons (Fsp3) is 0.200. The second-order valence-corrected chi connectivity index (χ2v) is 7.56. The summed E-state index contributed by atoms with van der Waals surface area (Å²) in [5.41, 5.74) is 4.36. The molecular formula is C25H23FN2O2. The number of hydrogen-bond donors (Lipinski definition) is 1. The monoisotopic (exact) mass is 402 g/mol. The van der Waals surface area contributed by atoms with Crippen molar-refractivity contribution < 1.29 is 14.0 Å². The Balaban J connectivity index is 1.60. The van der Waals surface area contributed by atoms with Crippen molar-refractivity contribution in [2.24, 2.45) is 0 Å². The van der Waals surface area contributed by atoms with Crippen molar-refractivity contribution in [3.05, 3.63) is 106 Å². The van der Waals surface area contributed by atoms with Crippen LogP contribution in [-0.4, -0.2) is 23.3 Å². The van der Waals surface area contributed by atoms with Gasteiger partial charge in [-0.1, -0.05) is 54.1 Å². The zero-order valence-corrected chi connectivity index (χ0v) is 16.8. The molecule has 30 heavy (non-hydrogen) atoms. The Bertz CT molecular complexity index is 1060. The molecule has 0 fully saturated rings. The van der Waals surface area contributed by atoms with Crippen molar-refractivity contribution in [3.63, 3.8) is 0 Å². The van der Waals surface area contributed by atoms with Crippen LogP contribution in [0.5, 0.6) is 0 Å². The molecule has 2 amide bonds. The summed E-state index contributed by atoms with van der Waals surface area (Å²) in [4.78, 5) is 28.1. The first-order valence-corrected chi connectivity index (χ1v) is 10.0. The second-order valence-electron chi connectivity index (χ2n) is 7.56. The van der Waals surface area contributed by atoms with Gasteiger partial charge < -0.3 is 10.2 Å². The van der Waals surface area contributed by atoms with Gasteiger partial charge in [0.2, 0.25) is 5.91 Å². The highest BCUT2D eigenvalue weighted by Crippen LogP contribution is 2.31. The fourth-order valence-corrected chi connectivity index (χ4v) is 3.82. The van der Waals surface area contributed by atoms with Crippen molar-refractivity contribution in [2.75, 3.05) is 6.54 Å². The van der Waals surface area contributed by atoms with E-state index in [0.717, 1.165) is 22.3 Å². The second kappa shape index (κ2) is 8.49. The highest BCUT2D eigenvalue weighted by Gasteiger charge is 2.36. The number of halogens is 1. The summed E-state index contributed by atoms with van der Waals surface area (Å²) in [6.07, 6.45) is 0.704. The molecule has 1 N–H and O–H groups in total. The molecule has 0 radical (unpaired) electrons. The summed E-state index contributed by atoms with van der Waals surface area (Å²) >= 11 is 0. The van der Waals surface area contributed by atoms with Crippen molar-refractivity contribution in [1.82, 2.24) is 10.2 Å². The van der Waals surface area contributed by atoms with Crippen LogP contribution >= 0.6 is 0 Å². The molecule has 152 valence electrons. The van der Waals surface area contributed by atoms with Crippen molar-refractivity contribution in [3.8, 4) is 0 Å². The van der Waals surface area contributed by atoms with Gasteiger partial charge in [-0.15, -0.1) is 0 Å². The van der Waals surface area contributed by atoms with Crippen LogP contribution in [0.3, 0.4) is 0 Å². The van der Waals surface area contributed by atoms with Gasteiger partial charge in [-0.3, -0.25) is 9.59 Å². The minimum Gasteiger partial charge on any atom is -0.350 e. The van der Waals surface area contributed by atoms with Crippen molar-refractivity contribution in [2.45, 2.75) is 25.9 Å². The van der Waals surface area contributed by atoms with Crippen molar-refractivity contribution in [1.29, 1.82) is 0 Å². The average Bonchev–Trinajstić information content (AvgIpc) is 2.77. The third kappa shape index (κ3) is 4.10. The number of aryl methyl sites for hydroxylation is 1. The zero-order valence-electron chi connectivity index (χ0n) is 16.8. The topological polar surface area (TPSA) is 49.4 Å².